The number of anilines is 1. The Hall–Kier alpha value is -3.00. The lowest BCUT2D eigenvalue weighted by Crippen LogP contribution is -2.05. The Balaban J connectivity index is 1.65. The van der Waals surface area contributed by atoms with E-state index in [1.54, 1.807) is 24.3 Å². The third kappa shape index (κ3) is 3.61. The molecule has 1 aromatic heterocycles. The van der Waals surface area contributed by atoms with Gasteiger partial charge in [-0.15, -0.1) is 0 Å². The maximum Gasteiger partial charge on any atom is 0.137 e. The minimum Gasteiger partial charge on any atom is -0.369 e. The highest BCUT2D eigenvalue weighted by Crippen LogP contribution is 2.20. The summed E-state index contributed by atoms with van der Waals surface area (Å²) in [6.45, 7) is 0.736. The number of hydrogen-bond donors (Lipinski definition) is 1. The third-order valence-corrected chi connectivity index (χ3v) is 3.61. The molecular weight excluding hydrogens is 291 g/mol. The van der Waals surface area contributed by atoms with Gasteiger partial charge >= 0.3 is 0 Å². The first kappa shape index (κ1) is 14.9. The lowest BCUT2D eigenvalue weighted by molar-refractivity contribution is 0.626. The van der Waals surface area contributed by atoms with Crippen LogP contribution in [0.15, 0.2) is 48.8 Å². The number of nitrogens with zero attached hydrogens (tertiary/aromatic N) is 3. The Labute approximate surface area is 133 Å². The summed E-state index contributed by atoms with van der Waals surface area (Å²) in [6, 6.07) is 14.0. The van der Waals surface area contributed by atoms with Crippen LogP contribution in [0.5, 0.6) is 0 Å². The normalized spacial score (nSPS) is 10.4. The van der Waals surface area contributed by atoms with Crippen LogP contribution < -0.4 is 5.32 Å². The quantitative estimate of drug-likeness (QED) is 0.730. The van der Waals surface area contributed by atoms with Gasteiger partial charge in [0.05, 0.1) is 17.1 Å². The van der Waals surface area contributed by atoms with Gasteiger partial charge in [0.2, 0.25) is 0 Å². The molecule has 0 amide bonds. The van der Waals surface area contributed by atoms with Crippen molar-refractivity contribution in [1.82, 2.24) is 9.97 Å². The summed E-state index contributed by atoms with van der Waals surface area (Å²) in [4.78, 5) is 8.46. The second-order valence-electron chi connectivity index (χ2n) is 5.22. The van der Waals surface area contributed by atoms with Crippen molar-refractivity contribution < 1.29 is 4.39 Å². The highest BCUT2D eigenvalue weighted by molar-refractivity contribution is 5.89. The van der Waals surface area contributed by atoms with Gasteiger partial charge in [-0.3, -0.25) is 0 Å². The first-order valence-corrected chi connectivity index (χ1v) is 7.39. The number of nitriles is 1. The van der Waals surface area contributed by atoms with Crippen molar-refractivity contribution >= 4 is 16.7 Å². The van der Waals surface area contributed by atoms with E-state index >= 15 is 0 Å². The number of aromatic nitrogens is 2. The van der Waals surface area contributed by atoms with Gasteiger partial charge < -0.3 is 5.32 Å². The molecule has 0 saturated heterocycles. The molecule has 5 heteroatoms. The Morgan fingerprint density at radius 3 is 2.70 bits per heavy atom. The maximum atomic E-state index is 12.9. The average Bonchev–Trinajstić information content (AvgIpc) is 2.60. The number of rotatable bonds is 5. The number of halogens is 1. The maximum absolute atomic E-state index is 12.9. The molecule has 0 atom stereocenters. The van der Waals surface area contributed by atoms with E-state index in [-0.39, 0.29) is 5.82 Å². The van der Waals surface area contributed by atoms with Crippen LogP contribution in [0.1, 0.15) is 17.5 Å². The molecule has 1 N–H and O–H groups in total. The standard InChI is InChI=1S/C18H15FN4/c19-15-6-3-13(4-7-15)2-1-9-21-18-16-10-14(11-20)5-8-17(16)22-12-23-18/h3-8,10,12H,1-2,9H2,(H,21,22,23). The molecule has 0 aliphatic carbocycles. The molecule has 114 valence electrons. The summed E-state index contributed by atoms with van der Waals surface area (Å²) in [5, 5.41) is 13.1. The van der Waals surface area contributed by atoms with Gasteiger partial charge in [0.25, 0.3) is 0 Å². The Bertz CT molecular complexity index is 853. The summed E-state index contributed by atoms with van der Waals surface area (Å²) < 4.78 is 12.9. The number of fused-ring (bicyclic) bond motifs is 1. The number of hydrogen-bond acceptors (Lipinski definition) is 4. The zero-order valence-electron chi connectivity index (χ0n) is 12.5. The highest BCUT2D eigenvalue weighted by Gasteiger charge is 2.04. The fourth-order valence-corrected chi connectivity index (χ4v) is 2.42. The van der Waals surface area contributed by atoms with E-state index in [0.29, 0.717) is 5.56 Å². The van der Waals surface area contributed by atoms with Gasteiger partial charge in [-0.1, -0.05) is 12.1 Å². The lowest BCUT2D eigenvalue weighted by atomic mass is 10.1. The molecule has 0 aliphatic rings. The van der Waals surface area contributed by atoms with Gasteiger partial charge in [0, 0.05) is 11.9 Å². The molecule has 2 aromatic carbocycles. The zero-order chi connectivity index (χ0) is 16.1. The number of nitrogens with one attached hydrogen (secondary N) is 1. The van der Waals surface area contributed by atoms with E-state index in [1.807, 2.05) is 6.07 Å². The largest absolute Gasteiger partial charge is 0.369 e. The van der Waals surface area contributed by atoms with Crippen molar-refractivity contribution in [3.63, 3.8) is 0 Å². The number of aryl methyl sites for hydroxylation is 1. The van der Waals surface area contributed by atoms with Gasteiger partial charge in [-0.25, -0.2) is 14.4 Å². The zero-order valence-corrected chi connectivity index (χ0v) is 12.5. The van der Waals surface area contributed by atoms with Crippen molar-refractivity contribution in [2.45, 2.75) is 12.8 Å². The van der Waals surface area contributed by atoms with Crippen LogP contribution >= 0.6 is 0 Å². The van der Waals surface area contributed by atoms with Gasteiger partial charge in [0.15, 0.2) is 0 Å². The van der Waals surface area contributed by atoms with Crippen molar-refractivity contribution in [2.75, 3.05) is 11.9 Å². The molecule has 0 saturated carbocycles. The smallest absolute Gasteiger partial charge is 0.137 e. The number of benzene rings is 2. The van der Waals surface area contributed by atoms with Crippen molar-refractivity contribution in [2.24, 2.45) is 0 Å². The van der Waals surface area contributed by atoms with E-state index in [0.717, 1.165) is 41.7 Å². The molecule has 0 aliphatic heterocycles. The summed E-state index contributed by atoms with van der Waals surface area (Å²) >= 11 is 0. The van der Waals surface area contributed by atoms with E-state index in [2.05, 4.69) is 21.4 Å². The minimum atomic E-state index is -0.215. The predicted octanol–water partition coefficient (Wildman–Crippen LogP) is 3.69. The van der Waals surface area contributed by atoms with Gasteiger partial charge in [-0.2, -0.15) is 5.26 Å². The van der Waals surface area contributed by atoms with Crippen LogP contribution in [0.2, 0.25) is 0 Å². The second-order valence-corrected chi connectivity index (χ2v) is 5.22. The van der Waals surface area contributed by atoms with E-state index in [1.165, 1.54) is 18.5 Å². The lowest BCUT2D eigenvalue weighted by Gasteiger charge is -2.08. The highest BCUT2D eigenvalue weighted by atomic mass is 19.1. The van der Waals surface area contributed by atoms with Gasteiger partial charge in [-0.05, 0) is 48.7 Å². The van der Waals surface area contributed by atoms with Crippen LogP contribution in [0.3, 0.4) is 0 Å². The first-order valence-electron chi connectivity index (χ1n) is 7.39. The molecule has 0 radical (unpaired) electrons. The van der Waals surface area contributed by atoms with Crippen molar-refractivity contribution in [1.29, 1.82) is 5.26 Å². The summed E-state index contributed by atoms with van der Waals surface area (Å²) in [7, 11) is 0. The van der Waals surface area contributed by atoms with Crippen molar-refractivity contribution in [3.05, 3.63) is 65.7 Å². The average molecular weight is 306 g/mol. The fraction of sp³-hybridized carbons (Fsp3) is 0.167. The molecule has 4 nitrogen and oxygen atoms in total. The summed E-state index contributed by atoms with van der Waals surface area (Å²) in [5.41, 5.74) is 2.49. The molecule has 0 unspecified atom stereocenters. The molecule has 23 heavy (non-hydrogen) atoms. The molecule has 0 bridgehead atoms. The monoisotopic (exact) mass is 306 g/mol. The first-order chi connectivity index (χ1) is 11.3. The van der Waals surface area contributed by atoms with Crippen LogP contribution in [0.4, 0.5) is 10.2 Å². The second kappa shape index (κ2) is 6.84. The minimum absolute atomic E-state index is 0.215. The molecule has 3 rings (SSSR count). The van der Waals surface area contributed by atoms with Crippen LogP contribution in [-0.4, -0.2) is 16.5 Å². The molecule has 3 aromatic rings. The van der Waals surface area contributed by atoms with Crippen molar-refractivity contribution in [3.8, 4) is 6.07 Å². The van der Waals surface area contributed by atoms with Crippen LogP contribution in [0.25, 0.3) is 10.9 Å². The van der Waals surface area contributed by atoms with Crippen LogP contribution in [0, 0.1) is 17.1 Å². The Morgan fingerprint density at radius 1 is 1.09 bits per heavy atom. The van der Waals surface area contributed by atoms with Crippen LogP contribution in [-0.2, 0) is 6.42 Å². The molecular formula is C18H15FN4. The molecule has 0 fully saturated rings. The predicted molar refractivity (Wildman–Crippen MR) is 87.5 cm³/mol. The third-order valence-electron chi connectivity index (χ3n) is 3.61. The van der Waals surface area contributed by atoms with E-state index in [9.17, 15) is 4.39 Å². The molecule has 1 heterocycles. The Kier molecular flexibility index (Phi) is 4.44. The summed E-state index contributed by atoms with van der Waals surface area (Å²) in [5.74, 6) is 0.513. The SMILES string of the molecule is N#Cc1ccc2ncnc(NCCCc3ccc(F)cc3)c2c1. The van der Waals surface area contributed by atoms with E-state index in [4.69, 9.17) is 5.26 Å². The molecule has 0 spiro atoms. The van der Waals surface area contributed by atoms with Gasteiger partial charge in [0.1, 0.15) is 18.0 Å². The summed E-state index contributed by atoms with van der Waals surface area (Å²) in [6.07, 6.45) is 3.27. The fourth-order valence-electron chi connectivity index (χ4n) is 2.42. The van der Waals surface area contributed by atoms with E-state index < -0.39 is 0 Å². The topological polar surface area (TPSA) is 61.6 Å². The Morgan fingerprint density at radius 2 is 1.91 bits per heavy atom.